The molecule has 1 aromatic carbocycles. The van der Waals surface area contributed by atoms with Crippen LogP contribution in [0, 0.1) is 10.5 Å². The van der Waals surface area contributed by atoms with Crippen LogP contribution in [0.1, 0.15) is 49.2 Å². The summed E-state index contributed by atoms with van der Waals surface area (Å²) in [5, 5.41) is 4.09. The molecule has 32 heavy (non-hydrogen) atoms. The number of amides is 1. The van der Waals surface area contributed by atoms with Crippen LogP contribution < -0.4 is 11.1 Å². The molecule has 0 aliphatic heterocycles. The number of halogens is 1. The van der Waals surface area contributed by atoms with E-state index in [2.05, 4.69) is 44.8 Å². The van der Waals surface area contributed by atoms with Gasteiger partial charge in [-0.05, 0) is 73.9 Å². The molecule has 8 nitrogen and oxygen atoms in total. The predicted octanol–water partition coefficient (Wildman–Crippen LogP) is 4.94. The molecule has 9 heteroatoms. The fourth-order valence-corrected chi connectivity index (χ4v) is 4.07. The molecule has 1 amide bonds. The second-order valence-corrected chi connectivity index (χ2v) is 9.76. The summed E-state index contributed by atoms with van der Waals surface area (Å²) in [4.78, 5) is 28.5. The highest BCUT2D eigenvalue weighted by Gasteiger charge is 2.38. The summed E-state index contributed by atoms with van der Waals surface area (Å²) < 4.78 is 6.87. The van der Waals surface area contributed by atoms with Gasteiger partial charge in [0.2, 0.25) is 5.71 Å². The van der Waals surface area contributed by atoms with E-state index in [4.69, 9.17) is 15.1 Å². The highest BCUT2D eigenvalue weighted by molar-refractivity contribution is 14.1. The second-order valence-electron chi connectivity index (χ2n) is 8.52. The number of hydrogen-bond acceptors (Lipinski definition) is 7. The Kier molecular flexibility index (Phi) is 6.11. The predicted molar refractivity (Wildman–Crippen MR) is 136 cm³/mol. The minimum atomic E-state index is -0.156. The number of carbonyl (C=O) groups is 1. The van der Waals surface area contributed by atoms with Crippen molar-refractivity contribution < 1.29 is 9.21 Å². The van der Waals surface area contributed by atoms with Crippen molar-refractivity contribution in [3.05, 3.63) is 39.4 Å². The Hall–Kier alpha value is -2.69. The number of carbonyl (C=O) groups excluding carboxylic acids is 1. The Labute approximate surface area is 200 Å². The summed E-state index contributed by atoms with van der Waals surface area (Å²) in [6, 6.07) is 5.75. The molecule has 0 atom stereocenters. The average molecular weight is 546 g/mol. The van der Waals surface area contributed by atoms with Gasteiger partial charge in [0.1, 0.15) is 17.9 Å². The summed E-state index contributed by atoms with van der Waals surface area (Å²) in [5.74, 6) is 1.01. The van der Waals surface area contributed by atoms with E-state index in [9.17, 15) is 4.79 Å². The van der Waals surface area contributed by atoms with Crippen molar-refractivity contribution in [1.29, 1.82) is 0 Å². The van der Waals surface area contributed by atoms with Crippen LogP contribution in [0.3, 0.4) is 0 Å². The Morgan fingerprint density at radius 2 is 2.12 bits per heavy atom. The van der Waals surface area contributed by atoms with E-state index in [1.807, 2.05) is 25.1 Å². The molecule has 1 saturated carbocycles. The zero-order chi connectivity index (χ0) is 23.0. The first kappa shape index (κ1) is 22.5. The van der Waals surface area contributed by atoms with Crippen molar-refractivity contribution in [2.75, 3.05) is 24.6 Å². The van der Waals surface area contributed by atoms with E-state index in [-0.39, 0.29) is 11.4 Å². The Balaban J connectivity index is 1.63. The Morgan fingerprint density at radius 1 is 1.38 bits per heavy atom. The molecule has 4 rings (SSSR count). The normalized spacial score (nSPS) is 15.1. The van der Waals surface area contributed by atoms with Crippen LogP contribution >= 0.6 is 22.6 Å². The minimum Gasteiger partial charge on any atom is -0.442 e. The minimum absolute atomic E-state index is 0.00808. The summed E-state index contributed by atoms with van der Waals surface area (Å²) >= 11 is 2.22. The van der Waals surface area contributed by atoms with E-state index in [0.29, 0.717) is 52.6 Å². The first-order valence-electron chi connectivity index (χ1n) is 10.6. The quantitative estimate of drug-likeness (QED) is 0.247. The average Bonchev–Trinajstić information content (AvgIpc) is 3.36. The molecule has 0 radical (unpaired) electrons. The van der Waals surface area contributed by atoms with Crippen molar-refractivity contribution in [1.82, 2.24) is 14.9 Å². The maximum atomic E-state index is 13.5. The van der Waals surface area contributed by atoms with Gasteiger partial charge in [0.15, 0.2) is 0 Å². The molecule has 0 unspecified atom stereocenters. The van der Waals surface area contributed by atoms with E-state index in [1.54, 1.807) is 18.9 Å². The molecule has 0 saturated heterocycles. The first-order valence-corrected chi connectivity index (χ1v) is 11.7. The largest absolute Gasteiger partial charge is 0.442 e. The number of anilines is 2. The lowest BCUT2D eigenvalue weighted by Crippen LogP contribution is -2.32. The summed E-state index contributed by atoms with van der Waals surface area (Å²) in [6.45, 7) is 6.32. The second kappa shape index (κ2) is 8.68. The van der Waals surface area contributed by atoms with E-state index >= 15 is 0 Å². The number of furan rings is 1. The third-order valence-corrected chi connectivity index (χ3v) is 6.41. The highest BCUT2D eigenvalue weighted by atomic mass is 127. The van der Waals surface area contributed by atoms with Gasteiger partial charge < -0.3 is 20.4 Å². The number of benzene rings is 1. The molecule has 3 aromatic rings. The molecule has 1 aliphatic rings. The van der Waals surface area contributed by atoms with Crippen LogP contribution in [0.4, 0.5) is 17.2 Å². The molecular weight excluding hydrogens is 519 g/mol. The van der Waals surface area contributed by atoms with Gasteiger partial charge in [0.05, 0.1) is 28.9 Å². The van der Waals surface area contributed by atoms with Gasteiger partial charge in [0.25, 0.3) is 5.91 Å². The SMILES string of the molecule is CCC(CN(C)C(=O)c1c(C)oc2ncnc(NC3(C)CC3)c12)=Nc1ccc(I)cc1N. The Bertz CT molecular complexity index is 1210. The van der Waals surface area contributed by atoms with Crippen LogP contribution in [0.2, 0.25) is 0 Å². The molecule has 1 fully saturated rings. The molecule has 1 aliphatic carbocycles. The number of rotatable bonds is 7. The number of nitrogens with one attached hydrogen (secondary N) is 1. The van der Waals surface area contributed by atoms with Gasteiger partial charge in [-0.25, -0.2) is 9.97 Å². The summed E-state index contributed by atoms with van der Waals surface area (Å²) in [7, 11) is 1.77. The van der Waals surface area contributed by atoms with E-state index in [0.717, 1.165) is 22.1 Å². The summed E-state index contributed by atoms with van der Waals surface area (Å²) in [5.41, 5.74) is 9.22. The topological polar surface area (TPSA) is 110 Å². The van der Waals surface area contributed by atoms with Crippen molar-refractivity contribution >= 4 is 62.5 Å². The van der Waals surface area contributed by atoms with Crippen molar-refractivity contribution in [2.45, 2.75) is 45.6 Å². The molecule has 3 N–H and O–H groups in total. The maximum Gasteiger partial charge on any atom is 0.258 e. The number of hydrogen-bond donors (Lipinski definition) is 2. The highest BCUT2D eigenvalue weighted by Crippen LogP contribution is 2.40. The maximum absolute atomic E-state index is 13.5. The lowest BCUT2D eigenvalue weighted by atomic mass is 10.1. The molecule has 0 bridgehead atoms. The van der Waals surface area contributed by atoms with Gasteiger partial charge in [-0.15, -0.1) is 0 Å². The van der Waals surface area contributed by atoms with Crippen LogP contribution in [0.15, 0.2) is 33.9 Å². The van der Waals surface area contributed by atoms with Gasteiger partial charge in [-0.1, -0.05) is 6.92 Å². The van der Waals surface area contributed by atoms with Gasteiger partial charge >= 0.3 is 0 Å². The molecular formula is C23H27IN6O2. The van der Waals surface area contributed by atoms with Gasteiger partial charge in [-0.2, -0.15) is 0 Å². The Morgan fingerprint density at radius 3 is 2.78 bits per heavy atom. The number of aryl methyl sites for hydroxylation is 1. The van der Waals surface area contributed by atoms with Gasteiger partial charge in [0, 0.05) is 21.9 Å². The molecule has 2 heterocycles. The van der Waals surface area contributed by atoms with Crippen molar-refractivity contribution in [2.24, 2.45) is 4.99 Å². The molecule has 2 aromatic heterocycles. The third kappa shape index (κ3) is 4.57. The number of nitrogen functional groups attached to an aromatic ring is 1. The third-order valence-electron chi connectivity index (χ3n) is 5.74. The molecule has 0 spiro atoms. The number of nitrogens with zero attached hydrogens (tertiary/aromatic N) is 4. The zero-order valence-corrected chi connectivity index (χ0v) is 20.9. The number of nitrogens with two attached hydrogens (primary N) is 1. The first-order chi connectivity index (χ1) is 15.2. The zero-order valence-electron chi connectivity index (χ0n) is 18.7. The number of fused-ring (bicyclic) bond motifs is 1. The van der Waals surface area contributed by atoms with Crippen molar-refractivity contribution in [3.63, 3.8) is 0 Å². The molecule has 168 valence electrons. The van der Waals surface area contributed by atoms with Crippen LogP contribution in [0.25, 0.3) is 11.1 Å². The fourth-order valence-electron chi connectivity index (χ4n) is 3.56. The number of aliphatic imine (C=N–C) groups is 1. The number of aromatic nitrogens is 2. The van der Waals surface area contributed by atoms with Crippen LogP contribution in [0.5, 0.6) is 0 Å². The van der Waals surface area contributed by atoms with Crippen LogP contribution in [-0.2, 0) is 0 Å². The monoisotopic (exact) mass is 546 g/mol. The standard InChI is InChI=1S/C23H27IN6O2/c1-5-15(28-17-7-6-14(24)10-16(17)25)11-30(4)22(31)18-13(2)32-21-19(18)20(26-12-27-21)29-23(3)8-9-23/h6-7,10,12H,5,8-9,11,25H2,1-4H3,(H,26,27,29). The fraction of sp³-hybridized carbons (Fsp3) is 0.391. The van der Waals surface area contributed by atoms with E-state index < -0.39 is 0 Å². The van der Waals surface area contributed by atoms with Crippen LogP contribution in [-0.4, -0.2) is 45.6 Å². The summed E-state index contributed by atoms with van der Waals surface area (Å²) in [6.07, 6.45) is 4.29. The smallest absolute Gasteiger partial charge is 0.258 e. The lowest BCUT2D eigenvalue weighted by Gasteiger charge is -2.19. The van der Waals surface area contributed by atoms with Crippen molar-refractivity contribution in [3.8, 4) is 0 Å². The van der Waals surface area contributed by atoms with Gasteiger partial charge in [-0.3, -0.25) is 9.79 Å². The van der Waals surface area contributed by atoms with E-state index in [1.165, 1.54) is 6.33 Å². The lowest BCUT2D eigenvalue weighted by molar-refractivity contribution is 0.0814.